The van der Waals surface area contributed by atoms with Gasteiger partial charge in [-0.3, -0.25) is 9.10 Å². The first-order valence-electron chi connectivity index (χ1n) is 11.3. The van der Waals surface area contributed by atoms with E-state index < -0.39 is 38.4 Å². The van der Waals surface area contributed by atoms with Gasteiger partial charge in [-0.25, -0.2) is 16.8 Å². The second kappa shape index (κ2) is 11.1. The summed E-state index contributed by atoms with van der Waals surface area (Å²) in [7, 11) is -7.40. The van der Waals surface area contributed by atoms with Crippen LogP contribution in [0.5, 0.6) is 5.75 Å². The van der Waals surface area contributed by atoms with Crippen LogP contribution in [0.25, 0.3) is 0 Å². The third-order valence-corrected chi connectivity index (χ3v) is 8.43. The number of ether oxygens (including phenoxy) is 1. The van der Waals surface area contributed by atoms with Crippen molar-refractivity contribution in [3.05, 3.63) is 83.9 Å². The average Bonchev–Trinajstić information content (AvgIpc) is 2.83. The molecule has 0 aliphatic rings. The summed E-state index contributed by atoms with van der Waals surface area (Å²) in [6.07, 6.45) is 1.12. The van der Waals surface area contributed by atoms with E-state index in [9.17, 15) is 21.6 Å². The van der Waals surface area contributed by atoms with Crippen molar-refractivity contribution >= 4 is 31.5 Å². The number of nitrogens with one attached hydrogen (secondary N) is 1. The lowest BCUT2D eigenvalue weighted by Crippen LogP contribution is -2.41. The van der Waals surface area contributed by atoms with Gasteiger partial charge in [0.1, 0.15) is 12.3 Å². The summed E-state index contributed by atoms with van der Waals surface area (Å²) in [5.41, 5.74) is 1.99. The molecule has 1 N–H and O–H groups in total. The summed E-state index contributed by atoms with van der Waals surface area (Å²) in [4.78, 5) is 13.2. The minimum absolute atomic E-state index is 0.0312. The van der Waals surface area contributed by atoms with Crippen molar-refractivity contribution in [1.82, 2.24) is 5.32 Å². The van der Waals surface area contributed by atoms with Gasteiger partial charge in [-0.15, -0.1) is 0 Å². The molecule has 1 amide bonds. The van der Waals surface area contributed by atoms with Crippen LogP contribution >= 0.6 is 0 Å². The zero-order valence-electron chi connectivity index (χ0n) is 20.6. The normalized spacial score (nSPS) is 12.6. The lowest BCUT2D eigenvalue weighted by molar-refractivity contribution is -0.120. The molecule has 0 aliphatic heterocycles. The number of carbonyl (C=O) groups excluding carboxylic acids is 1. The van der Waals surface area contributed by atoms with Gasteiger partial charge in [0, 0.05) is 6.26 Å². The molecule has 3 aromatic rings. The van der Waals surface area contributed by atoms with Gasteiger partial charge < -0.3 is 10.1 Å². The summed E-state index contributed by atoms with van der Waals surface area (Å²) in [5, 5.41) is 2.80. The lowest BCUT2D eigenvalue weighted by atomic mass is 10.1. The Kier molecular flexibility index (Phi) is 8.42. The third-order valence-electron chi connectivity index (χ3n) is 5.52. The first kappa shape index (κ1) is 27.2. The molecule has 3 aromatic carbocycles. The third kappa shape index (κ3) is 6.64. The van der Waals surface area contributed by atoms with Crippen molar-refractivity contribution in [2.45, 2.75) is 36.6 Å². The molecular weight excluding hydrogens is 500 g/mol. The molecular formula is C26H30N2O6S2. The van der Waals surface area contributed by atoms with Crippen LogP contribution in [0.2, 0.25) is 0 Å². The standard InChI is InChI=1S/C26H30N2O6S2/c1-5-34-23-12-16-25(17-13-23)36(32,33)28(22-10-6-19(2)7-11-22)18-26(29)27-20(3)21-8-14-24(15-9-21)35(4,30)31/h6-17,20H,5,18H2,1-4H3,(H,27,29)/t20-/m0/s1. The second-order valence-corrected chi connectivity index (χ2v) is 12.3. The van der Waals surface area contributed by atoms with Crippen LogP contribution < -0.4 is 14.4 Å². The van der Waals surface area contributed by atoms with E-state index in [0.717, 1.165) is 16.1 Å². The molecule has 0 saturated heterocycles. The SMILES string of the molecule is CCOc1ccc(S(=O)(=O)N(CC(=O)N[C@@H](C)c2ccc(S(C)(=O)=O)cc2)c2ccc(C)cc2)cc1. The van der Waals surface area contributed by atoms with Gasteiger partial charge in [0.05, 0.1) is 28.1 Å². The molecule has 36 heavy (non-hydrogen) atoms. The maximum absolute atomic E-state index is 13.6. The van der Waals surface area contributed by atoms with Gasteiger partial charge in [0.2, 0.25) is 5.91 Å². The van der Waals surface area contributed by atoms with Crippen LogP contribution in [-0.2, 0) is 24.7 Å². The molecule has 8 nitrogen and oxygen atoms in total. The Morgan fingerprint density at radius 2 is 1.44 bits per heavy atom. The number of carbonyl (C=O) groups is 1. The highest BCUT2D eigenvalue weighted by Crippen LogP contribution is 2.26. The first-order valence-corrected chi connectivity index (χ1v) is 14.7. The van der Waals surface area contributed by atoms with E-state index in [0.29, 0.717) is 23.6 Å². The van der Waals surface area contributed by atoms with Crippen LogP contribution in [0, 0.1) is 6.92 Å². The van der Waals surface area contributed by atoms with Crippen LogP contribution in [-0.4, -0.2) is 42.2 Å². The second-order valence-electron chi connectivity index (χ2n) is 8.38. The van der Waals surface area contributed by atoms with Gasteiger partial charge in [0.25, 0.3) is 10.0 Å². The largest absolute Gasteiger partial charge is 0.494 e. The monoisotopic (exact) mass is 530 g/mol. The molecule has 0 bridgehead atoms. The Hall–Kier alpha value is -3.37. The minimum Gasteiger partial charge on any atom is -0.494 e. The summed E-state index contributed by atoms with van der Waals surface area (Å²) < 4.78 is 57.0. The van der Waals surface area contributed by atoms with Crippen LogP contribution in [0.15, 0.2) is 82.6 Å². The quantitative estimate of drug-likeness (QED) is 0.426. The van der Waals surface area contributed by atoms with E-state index >= 15 is 0 Å². The fourth-order valence-electron chi connectivity index (χ4n) is 3.53. The molecule has 192 valence electrons. The van der Waals surface area contributed by atoms with Crippen molar-refractivity contribution in [3.8, 4) is 5.75 Å². The zero-order chi connectivity index (χ0) is 26.5. The van der Waals surface area contributed by atoms with Gasteiger partial charge in [-0.2, -0.15) is 0 Å². The van der Waals surface area contributed by atoms with Gasteiger partial charge in [-0.1, -0.05) is 29.8 Å². The molecule has 0 unspecified atom stereocenters. The Bertz CT molecular complexity index is 1400. The number of anilines is 1. The summed E-state index contributed by atoms with van der Waals surface area (Å²) in [6.45, 7) is 5.48. The van der Waals surface area contributed by atoms with Crippen molar-refractivity contribution in [2.24, 2.45) is 0 Å². The molecule has 1 atom stereocenters. The summed E-state index contributed by atoms with van der Waals surface area (Å²) in [5.74, 6) is 0.0385. The van der Waals surface area contributed by atoms with Crippen LogP contribution in [0.3, 0.4) is 0 Å². The van der Waals surface area contributed by atoms with Gasteiger partial charge in [-0.05, 0) is 74.9 Å². The molecule has 0 spiro atoms. The molecule has 3 rings (SSSR count). The predicted molar refractivity (Wildman–Crippen MR) is 139 cm³/mol. The van der Waals surface area contributed by atoms with Crippen molar-refractivity contribution in [1.29, 1.82) is 0 Å². The average molecular weight is 531 g/mol. The zero-order valence-corrected chi connectivity index (χ0v) is 22.3. The fraction of sp³-hybridized carbons (Fsp3) is 0.269. The highest BCUT2D eigenvalue weighted by Gasteiger charge is 2.28. The number of nitrogens with zero attached hydrogens (tertiary/aromatic N) is 1. The molecule has 10 heteroatoms. The highest BCUT2D eigenvalue weighted by molar-refractivity contribution is 7.93. The molecule has 0 radical (unpaired) electrons. The van der Waals surface area contributed by atoms with Crippen LogP contribution in [0.1, 0.15) is 31.0 Å². The number of rotatable bonds is 10. The van der Waals surface area contributed by atoms with E-state index in [1.807, 2.05) is 13.8 Å². The van der Waals surface area contributed by atoms with E-state index in [1.165, 1.54) is 24.3 Å². The number of hydrogen-bond donors (Lipinski definition) is 1. The van der Waals surface area contributed by atoms with E-state index in [1.54, 1.807) is 55.5 Å². The van der Waals surface area contributed by atoms with Crippen molar-refractivity contribution in [2.75, 3.05) is 23.7 Å². The lowest BCUT2D eigenvalue weighted by Gasteiger charge is -2.25. The van der Waals surface area contributed by atoms with E-state index in [2.05, 4.69) is 5.32 Å². The maximum atomic E-state index is 13.6. The van der Waals surface area contributed by atoms with Crippen molar-refractivity contribution in [3.63, 3.8) is 0 Å². The number of amides is 1. The number of sulfone groups is 1. The van der Waals surface area contributed by atoms with Gasteiger partial charge in [0.15, 0.2) is 9.84 Å². The molecule has 0 saturated carbocycles. The summed E-state index contributed by atoms with van der Waals surface area (Å²) >= 11 is 0. The molecule has 0 heterocycles. The number of hydrogen-bond acceptors (Lipinski definition) is 6. The maximum Gasteiger partial charge on any atom is 0.264 e. The van der Waals surface area contributed by atoms with E-state index in [4.69, 9.17) is 4.74 Å². The topological polar surface area (TPSA) is 110 Å². The number of sulfonamides is 1. The van der Waals surface area contributed by atoms with E-state index in [-0.39, 0.29) is 9.79 Å². The molecule has 0 aliphatic carbocycles. The molecule has 0 fully saturated rings. The number of aryl methyl sites for hydroxylation is 1. The van der Waals surface area contributed by atoms with Crippen molar-refractivity contribution < 1.29 is 26.4 Å². The number of benzene rings is 3. The summed E-state index contributed by atoms with van der Waals surface area (Å²) in [6, 6.07) is 18.6. The first-order chi connectivity index (χ1) is 16.9. The van der Waals surface area contributed by atoms with Gasteiger partial charge >= 0.3 is 0 Å². The smallest absolute Gasteiger partial charge is 0.264 e. The molecule has 0 aromatic heterocycles. The minimum atomic E-state index is -4.07. The Labute approximate surface area is 212 Å². The predicted octanol–water partition coefficient (Wildman–Crippen LogP) is 3.87. The Morgan fingerprint density at radius 1 is 0.889 bits per heavy atom. The Balaban J connectivity index is 1.85. The fourth-order valence-corrected chi connectivity index (χ4v) is 5.58. The van der Waals surface area contributed by atoms with Crippen LogP contribution in [0.4, 0.5) is 5.69 Å². The Morgan fingerprint density at radius 3 is 1.97 bits per heavy atom. The highest BCUT2D eigenvalue weighted by atomic mass is 32.2.